The van der Waals surface area contributed by atoms with Crippen molar-refractivity contribution < 1.29 is 9.91 Å². The molecule has 1 N–H and O–H groups in total. The van der Waals surface area contributed by atoms with Crippen molar-refractivity contribution in [1.82, 2.24) is 0 Å². The monoisotopic (exact) mass is 285 g/mol. The second-order valence-corrected chi connectivity index (χ2v) is 4.97. The highest BCUT2D eigenvalue weighted by Crippen LogP contribution is 2.28. The Balaban J connectivity index is 1.73. The van der Waals surface area contributed by atoms with Crippen molar-refractivity contribution in [2.24, 2.45) is 0 Å². The normalized spacial score (nSPS) is 15.0. The molecular weight excluding hydrogens is 268 g/mol. The first-order chi connectivity index (χ1) is 10.3. The molecule has 1 saturated heterocycles. The number of nitrogens with one attached hydrogen (secondary N) is 1. The van der Waals surface area contributed by atoms with Crippen LogP contribution in [0.2, 0.25) is 0 Å². The van der Waals surface area contributed by atoms with E-state index in [2.05, 4.69) is 14.8 Å². The number of nitro benzene ring substituents is 1. The van der Waals surface area contributed by atoms with Crippen LogP contribution in [-0.2, 0) is 0 Å². The second kappa shape index (κ2) is 5.78. The Labute approximate surface area is 122 Å². The van der Waals surface area contributed by atoms with Crippen LogP contribution in [0.1, 0.15) is 0 Å². The van der Waals surface area contributed by atoms with Crippen LogP contribution in [-0.4, -0.2) is 31.1 Å². The van der Waals surface area contributed by atoms with Gasteiger partial charge in [0.2, 0.25) is 0 Å². The van der Waals surface area contributed by atoms with Crippen LogP contribution in [0.4, 0.5) is 17.2 Å². The minimum atomic E-state index is -0.313. The molecule has 0 radical (unpaired) electrons. The standard InChI is InChI=1S/C15H16N4O2/c20-19(21)14-6-2-1-5-13(14)17-9-11-18(12-10-17)15-7-3-4-8-16-15/h1-8H,9-12H2/p+1. The lowest BCUT2D eigenvalue weighted by atomic mass is 10.2. The maximum absolute atomic E-state index is 11.1. The maximum Gasteiger partial charge on any atom is 0.292 e. The fourth-order valence-electron chi connectivity index (χ4n) is 2.65. The molecule has 0 amide bonds. The van der Waals surface area contributed by atoms with Gasteiger partial charge < -0.3 is 4.90 Å². The molecule has 1 aliphatic rings. The Hall–Kier alpha value is -2.63. The number of anilines is 2. The average Bonchev–Trinajstić information content (AvgIpc) is 2.56. The highest BCUT2D eigenvalue weighted by Gasteiger charge is 2.26. The van der Waals surface area contributed by atoms with Gasteiger partial charge in [-0.05, 0) is 12.1 Å². The van der Waals surface area contributed by atoms with Gasteiger partial charge in [-0.25, -0.2) is 4.98 Å². The Morgan fingerprint density at radius 2 is 1.62 bits per heavy atom. The van der Waals surface area contributed by atoms with Crippen molar-refractivity contribution in [2.45, 2.75) is 0 Å². The summed E-state index contributed by atoms with van der Waals surface area (Å²) in [4.78, 5) is 18.4. The van der Waals surface area contributed by atoms with Gasteiger partial charge in [-0.2, -0.15) is 0 Å². The lowest BCUT2D eigenvalue weighted by Crippen LogP contribution is -2.48. The fraction of sp³-hybridized carbons (Fsp3) is 0.267. The predicted octanol–water partition coefficient (Wildman–Crippen LogP) is 1.74. The SMILES string of the molecule is O=[N+]([O-])c1ccccc1N1CCN(c2cccc[nH+]2)CC1. The van der Waals surface area contributed by atoms with E-state index in [9.17, 15) is 10.1 Å². The Morgan fingerprint density at radius 3 is 2.29 bits per heavy atom. The molecule has 3 rings (SSSR count). The highest BCUT2D eigenvalue weighted by atomic mass is 16.6. The molecule has 1 fully saturated rings. The lowest BCUT2D eigenvalue weighted by Gasteiger charge is -2.32. The first-order valence-electron chi connectivity index (χ1n) is 6.96. The number of piperazine rings is 1. The second-order valence-electron chi connectivity index (χ2n) is 4.97. The number of aromatic amines is 1. The van der Waals surface area contributed by atoms with Gasteiger partial charge in [0.15, 0.2) is 0 Å². The zero-order chi connectivity index (χ0) is 14.7. The summed E-state index contributed by atoms with van der Waals surface area (Å²) in [6.45, 7) is 3.22. The summed E-state index contributed by atoms with van der Waals surface area (Å²) in [5.74, 6) is 1.08. The topological polar surface area (TPSA) is 63.8 Å². The van der Waals surface area contributed by atoms with E-state index in [1.165, 1.54) is 0 Å². The molecule has 21 heavy (non-hydrogen) atoms. The number of H-pyrrole nitrogens is 1. The van der Waals surface area contributed by atoms with Crippen molar-refractivity contribution in [3.05, 3.63) is 58.8 Å². The van der Waals surface area contributed by atoms with Gasteiger partial charge in [0.1, 0.15) is 18.8 Å². The molecule has 2 aromatic rings. The summed E-state index contributed by atoms with van der Waals surface area (Å²) in [5, 5.41) is 11.1. The first-order valence-corrected chi connectivity index (χ1v) is 6.96. The van der Waals surface area contributed by atoms with E-state index < -0.39 is 0 Å². The molecule has 0 bridgehead atoms. The molecule has 1 aliphatic heterocycles. The smallest absolute Gasteiger partial charge is 0.292 e. The summed E-state index contributed by atoms with van der Waals surface area (Å²) in [6.07, 6.45) is 1.91. The Morgan fingerprint density at radius 1 is 0.952 bits per heavy atom. The minimum Gasteiger partial charge on any atom is -0.358 e. The van der Waals surface area contributed by atoms with Gasteiger partial charge in [0, 0.05) is 12.1 Å². The molecule has 2 heterocycles. The van der Waals surface area contributed by atoms with Crippen molar-refractivity contribution in [1.29, 1.82) is 0 Å². The number of para-hydroxylation sites is 2. The van der Waals surface area contributed by atoms with Gasteiger partial charge in [-0.1, -0.05) is 18.2 Å². The summed E-state index contributed by atoms with van der Waals surface area (Å²) >= 11 is 0. The van der Waals surface area contributed by atoms with Crippen molar-refractivity contribution in [3.8, 4) is 0 Å². The molecule has 108 valence electrons. The van der Waals surface area contributed by atoms with Gasteiger partial charge in [0.25, 0.3) is 11.5 Å². The van der Waals surface area contributed by atoms with E-state index in [1.54, 1.807) is 12.1 Å². The largest absolute Gasteiger partial charge is 0.358 e. The summed E-state index contributed by atoms with van der Waals surface area (Å²) in [5.41, 5.74) is 0.886. The van der Waals surface area contributed by atoms with Crippen LogP contribution in [0.15, 0.2) is 48.7 Å². The molecular formula is C15H17N4O2+. The van der Waals surface area contributed by atoms with Crippen LogP contribution in [0.25, 0.3) is 0 Å². The van der Waals surface area contributed by atoms with Gasteiger partial charge in [-0.3, -0.25) is 15.0 Å². The van der Waals surface area contributed by atoms with E-state index in [0.29, 0.717) is 5.69 Å². The van der Waals surface area contributed by atoms with Crippen molar-refractivity contribution >= 4 is 17.2 Å². The van der Waals surface area contributed by atoms with Crippen LogP contribution < -0.4 is 14.8 Å². The molecule has 0 spiro atoms. The fourth-order valence-corrected chi connectivity index (χ4v) is 2.65. The van der Waals surface area contributed by atoms with Gasteiger partial charge >= 0.3 is 0 Å². The maximum atomic E-state index is 11.1. The van der Waals surface area contributed by atoms with Crippen LogP contribution in [0, 0.1) is 10.1 Å². The zero-order valence-electron chi connectivity index (χ0n) is 11.6. The van der Waals surface area contributed by atoms with Crippen LogP contribution in [0.3, 0.4) is 0 Å². The van der Waals surface area contributed by atoms with E-state index in [0.717, 1.165) is 32.0 Å². The number of nitro groups is 1. The van der Waals surface area contributed by atoms with Gasteiger partial charge in [0.05, 0.1) is 24.2 Å². The molecule has 0 saturated carbocycles. The number of hydrogen-bond acceptors (Lipinski definition) is 4. The van der Waals surface area contributed by atoms with Gasteiger partial charge in [-0.15, -0.1) is 0 Å². The zero-order valence-corrected chi connectivity index (χ0v) is 11.6. The van der Waals surface area contributed by atoms with E-state index in [4.69, 9.17) is 0 Å². The third kappa shape index (κ3) is 2.79. The molecule has 0 aliphatic carbocycles. The van der Waals surface area contributed by atoms with Crippen molar-refractivity contribution in [2.75, 3.05) is 36.0 Å². The number of pyridine rings is 1. The van der Waals surface area contributed by atoms with E-state index in [1.807, 2.05) is 36.5 Å². The lowest BCUT2D eigenvalue weighted by molar-refractivity contribution is -0.384. The summed E-state index contributed by atoms with van der Waals surface area (Å²) < 4.78 is 0. The number of nitrogens with zero attached hydrogens (tertiary/aromatic N) is 3. The summed E-state index contributed by atoms with van der Waals surface area (Å²) in [6, 6.07) is 12.9. The first kappa shape index (κ1) is 13.4. The van der Waals surface area contributed by atoms with E-state index >= 15 is 0 Å². The van der Waals surface area contributed by atoms with E-state index in [-0.39, 0.29) is 10.6 Å². The Kier molecular flexibility index (Phi) is 3.68. The predicted molar refractivity (Wildman–Crippen MR) is 80.5 cm³/mol. The van der Waals surface area contributed by atoms with Crippen LogP contribution >= 0.6 is 0 Å². The third-order valence-corrected chi connectivity index (χ3v) is 3.73. The minimum absolute atomic E-state index is 0.178. The molecule has 1 aromatic heterocycles. The third-order valence-electron chi connectivity index (χ3n) is 3.73. The molecule has 0 atom stereocenters. The molecule has 6 nitrogen and oxygen atoms in total. The van der Waals surface area contributed by atoms with Crippen LogP contribution in [0.5, 0.6) is 0 Å². The number of aromatic nitrogens is 1. The number of benzene rings is 1. The average molecular weight is 285 g/mol. The molecule has 1 aromatic carbocycles. The number of hydrogen-bond donors (Lipinski definition) is 0. The quantitative estimate of drug-likeness (QED) is 0.636. The molecule has 6 heteroatoms. The Bertz CT molecular complexity index is 625. The molecule has 0 unspecified atom stereocenters. The van der Waals surface area contributed by atoms with Crippen molar-refractivity contribution in [3.63, 3.8) is 0 Å². The highest BCUT2D eigenvalue weighted by molar-refractivity contribution is 5.63. The summed E-state index contributed by atoms with van der Waals surface area (Å²) in [7, 11) is 0. The number of rotatable bonds is 3.